The molecule has 0 heterocycles. The van der Waals surface area contributed by atoms with Crippen molar-refractivity contribution >= 4 is 17.9 Å². The van der Waals surface area contributed by atoms with E-state index in [1.54, 1.807) is 0 Å². The van der Waals surface area contributed by atoms with Crippen LogP contribution in [0.25, 0.3) is 0 Å². The fourth-order valence-electron chi connectivity index (χ4n) is 8.63. The van der Waals surface area contributed by atoms with Crippen molar-refractivity contribution in [1.29, 1.82) is 0 Å². The molecular weight excluding hydrogens is 997 g/mol. The monoisotopic (exact) mass is 1120 g/mol. The summed E-state index contributed by atoms with van der Waals surface area (Å²) in [7, 11) is 0. The number of ether oxygens (including phenoxy) is 3. The molecule has 0 aromatic rings. The van der Waals surface area contributed by atoms with E-state index in [1.807, 2.05) is 0 Å². The van der Waals surface area contributed by atoms with E-state index in [4.69, 9.17) is 14.2 Å². The molecule has 0 rings (SSSR count). The Labute approximate surface area is 499 Å². The summed E-state index contributed by atoms with van der Waals surface area (Å²) in [6.45, 7) is 6.34. The van der Waals surface area contributed by atoms with Crippen molar-refractivity contribution < 1.29 is 28.6 Å². The molecule has 1 atom stereocenters. The van der Waals surface area contributed by atoms with Gasteiger partial charge in [-0.05, 0) is 141 Å². The molecule has 0 aromatic carbocycles. The predicted molar refractivity (Wildman–Crippen MR) is 352 cm³/mol. The van der Waals surface area contributed by atoms with Crippen molar-refractivity contribution in [2.24, 2.45) is 0 Å². The first-order valence-electron chi connectivity index (χ1n) is 33.0. The lowest BCUT2D eigenvalue weighted by molar-refractivity contribution is -0.167. The van der Waals surface area contributed by atoms with Gasteiger partial charge in [-0.2, -0.15) is 0 Å². The van der Waals surface area contributed by atoms with Gasteiger partial charge in [0.1, 0.15) is 13.2 Å². The topological polar surface area (TPSA) is 78.9 Å². The number of esters is 3. The molecule has 456 valence electrons. The van der Waals surface area contributed by atoms with Crippen LogP contribution in [0, 0.1) is 0 Å². The van der Waals surface area contributed by atoms with Gasteiger partial charge in [0.2, 0.25) is 0 Å². The minimum Gasteiger partial charge on any atom is -0.462 e. The lowest BCUT2D eigenvalue weighted by Gasteiger charge is -2.18. The quantitative estimate of drug-likeness (QED) is 0.0261. The van der Waals surface area contributed by atoms with Crippen molar-refractivity contribution in [3.63, 3.8) is 0 Å². The summed E-state index contributed by atoms with van der Waals surface area (Å²) in [6.07, 6.45) is 98.2. The van der Waals surface area contributed by atoms with E-state index in [0.717, 1.165) is 135 Å². The van der Waals surface area contributed by atoms with Crippen LogP contribution in [0.2, 0.25) is 0 Å². The zero-order chi connectivity index (χ0) is 58.5. The average Bonchev–Trinajstić information content (AvgIpc) is 3.47. The molecule has 0 saturated carbocycles. The third-order valence-corrected chi connectivity index (χ3v) is 13.5. The van der Waals surface area contributed by atoms with Gasteiger partial charge >= 0.3 is 17.9 Å². The average molecular weight is 1120 g/mol. The van der Waals surface area contributed by atoms with E-state index >= 15 is 0 Å². The van der Waals surface area contributed by atoms with E-state index in [1.165, 1.54) is 96.3 Å². The minimum atomic E-state index is -0.820. The number of carbonyl (C=O) groups excluding carboxylic acids is 3. The molecule has 0 aliphatic heterocycles. The van der Waals surface area contributed by atoms with E-state index in [2.05, 4.69) is 179 Å². The molecule has 0 bridgehead atoms. The van der Waals surface area contributed by atoms with Gasteiger partial charge in [0.25, 0.3) is 0 Å². The number of unbranched alkanes of at least 4 members (excludes halogenated alkanes) is 21. The number of hydrogen-bond donors (Lipinski definition) is 0. The molecule has 0 aliphatic carbocycles. The number of rotatable bonds is 58. The third kappa shape index (κ3) is 65.7. The van der Waals surface area contributed by atoms with Crippen molar-refractivity contribution in [1.82, 2.24) is 0 Å². The Morgan fingerprint density at radius 3 is 0.802 bits per heavy atom. The van der Waals surface area contributed by atoms with Crippen molar-refractivity contribution in [3.05, 3.63) is 158 Å². The van der Waals surface area contributed by atoms with E-state index < -0.39 is 6.10 Å². The maximum atomic E-state index is 12.9. The molecule has 0 amide bonds. The fraction of sp³-hybridized carbons (Fsp3) is 0.613. The summed E-state index contributed by atoms with van der Waals surface area (Å²) >= 11 is 0. The highest BCUT2D eigenvalue weighted by atomic mass is 16.6. The van der Waals surface area contributed by atoms with E-state index in [-0.39, 0.29) is 37.5 Å². The largest absolute Gasteiger partial charge is 0.462 e. The first-order chi connectivity index (χ1) is 40.0. The first kappa shape index (κ1) is 76.0. The molecule has 0 aliphatic rings. The van der Waals surface area contributed by atoms with Gasteiger partial charge in [0.05, 0.1) is 0 Å². The molecule has 0 spiro atoms. The lowest BCUT2D eigenvalue weighted by atomic mass is 10.1. The van der Waals surface area contributed by atoms with Crippen LogP contribution in [0.5, 0.6) is 0 Å². The Bertz CT molecular complexity index is 1810. The minimum absolute atomic E-state index is 0.111. The molecule has 1 unspecified atom stereocenters. The zero-order valence-corrected chi connectivity index (χ0v) is 52.2. The Morgan fingerprint density at radius 1 is 0.259 bits per heavy atom. The second-order valence-electron chi connectivity index (χ2n) is 21.3. The highest BCUT2D eigenvalue weighted by molar-refractivity contribution is 5.71. The van der Waals surface area contributed by atoms with Crippen LogP contribution in [0.4, 0.5) is 0 Å². The summed E-state index contributed by atoms with van der Waals surface area (Å²) in [4.78, 5) is 38.4. The predicted octanol–water partition coefficient (Wildman–Crippen LogP) is 22.9. The molecule has 0 N–H and O–H groups in total. The van der Waals surface area contributed by atoms with Gasteiger partial charge in [0, 0.05) is 19.3 Å². The summed E-state index contributed by atoms with van der Waals surface area (Å²) in [5.41, 5.74) is 0. The SMILES string of the molecule is CC/C=C\C/C=C\C/C=C\C/C=C\C/C=C\CCCCCCCCCC(=O)OCC(COC(=O)CCC/C=C\C/C=C\C/C=C\C/C=C\C/C=C\CC)OC(=O)CCCCCCCCCC/C=C\C/C=C\C/C=C\CCCCCCC. The zero-order valence-electron chi connectivity index (χ0n) is 52.2. The Morgan fingerprint density at radius 2 is 0.494 bits per heavy atom. The Hall–Kier alpha value is -4.97. The highest BCUT2D eigenvalue weighted by Crippen LogP contribution is 2.15. The van der Waals surface area contributed by atoms with Gasteiger partial charge in [-0.15, -0.1) is 0 Å². The van der Waals surface area contributed by atoms with Gasteiger partial charge in [0.15, 0.2) is 6.10 Å². The van der Waals surface area contributed by atoms with Gasteiger partial charge in [-0.3, -0.25) is 14.4 Å². The van der Waals surface area contributed by atoms with Crippen LogP contribution < -0.4 is 0 Å². The van der Waals surface area contributed by atoms with Crippen LogP contribution in [0.1, 0.15) is 278 Å². The van der Waals surface area contributed by atoms with Crippen LogP contribution in [0.15, 0.2) is 158 Å². The van der Waals surface area contributed by atoms with Crippen LogP contribution in [0.3, 0.4) is 0 Å². The fourth-order valence-corrected chi connectivity index (χ4v) is 8.63. The normalized spacial score (nSPS) is 13.2. The smallest absolute Gasteiger partial charge is 0.306 e. The van der Waals surface area contributed by atoms with Crippen molar-refractivity contribution in [2.45, 2.75) is 284 Å². The highest BCUT2D eigenvalue weighted by Gasteiger charge is 2.19. The Balaban J connectivity index is 4.51. The van der Waals surface area contributed by atoms with Gasteiger partial charge in [-0.25, -0.2) is 0 Å². The standard InChI is InChI=1S/C75H120O6/c1-4-7-10-13-16-19-22-25-28-31-33-35-37-39-41-44-47-50-53-56-59-62-65-68-74(77)80-71-72(70-79-73(76)67-64-61-58-55-52-49-46-43-30-27-24-21-18-15-12-9-6-3)81-75(78)69-66-63-60-57-54-51-48-45-42-40-38-36-34-32-29-26-23-20-17-14-11-8-5-2/h7,9-10,12,16,18-19,21,23,25-28,30,32-35,38-41,46,49,55,58,72H,4-6,8,11,13-15,17,20,22,24,29,31,36-37,42-45,47-48,50-54,56-57,59-71H2,1-3H3/b10-7-,12-9-,19-16-,21-18-,26-23-,28-25-,30-27-,34-32-,35-33-,40-38-,41-39-,49-46-,58-55-. The second-order valence-corrected chi connectivity index (χ2v) is 21.3. The van der Waals surface area contributed by atoms with Crippen LogP contribution in [-0.2, 0) is 28.6 Å². The molecule has 0 radical (unpaired) electrons. The van der Waals surface area contributed by atoms with Crippen LogP contribution in [-0.4, -0.2) is 37.2 Å². The molecule has 0 aromatic heterocycles. The van der Waals surface area contributed by atoms with E-state index in [9.17, 15) is 14.4 Å². The summed E-state index contributed by atoms with van der Waals surface area (Å²) in [6, 6.07) is 0. The van der Waals surface area contributed by atoms with Gasteiger partial charge < -0.3 is 14.2 Å². The summed E-state index contributed by atoms with van der Waals surface area (Å²) in [5, 5.41) is 0. The summed E-state index contributed by atoms with van der Waals surface area (Å²) in [5.74, 6) is -0.990. The molecular formula is C75H120O6. The van der Waals surface area contributed by atoms with Gasteiger partial charge in [-0.1, -0.05) is 275 Å². The third-order valence-electron chi connectivity index (χ3n) is 13.5. The van der Waals surface area contributed by atoms with Crippen LogP contribution >= 0.6 is 0 Å². The molecule has 6 nitrogen and oxygen atoms in total. The molecule has 6 heteroatoms. The first-order valence-corrected chi connectivity index (χ1v) is 33.0. The summed E-state index contributed by atoms with van der Waals surface area (Å²) < 4.78 is 16.9. The second kappa shape index (κ2) is 67.5. The maximum Gasteiger partial charge on any atom is 0.306 e. The Kier molecular flexibility index (Phi) is 63.4. The number of carbonyl (C=O) groups is 3. The molecule has 81 heavy (non-hydrogen) atoms. The van der Waals surface area contributed by atoms with Crippen molar-refractivity contribution in [3.8, 4) is 0 Å². The molecule has 0 saturated heterocycles. The van der Waals surface area contributed by atoms with E-state index in [0.29, 0.717) is 19.3 Å². The maximum absolute atomic E-state index is 12.9. The van der Waals surface area contributed by atoms with Crippen molar-refractivity contribution in [2.75, 3.05) is 13.2 Å². The number of allylic oxidation sites excluding steroid dienone is 26. The number of hydrogen-bond acceptors (Lipinski definition) is 6. The lowest BCUT2D eigenvalue weighted by Crippen LogP contribution is -2.30. The molecule has 0 fully saturated rings.